The average molecular weight is 477 g/mol. The Bertz CT molecular complexity index is 1580. The molecule has 2 aliphatic rings. The number of benzene rings is 3. The van der Waals surface area contributed by atoms with Crippen LogP contribution in [0, 0.1) is 6.92 Å². The van der Waals surface area contributed by atoms with Crippen LogP contribution in [0.1, 0.15) is 54.0 Å². The van der Waals surface area contributed by atoms with Crippen molar-refractivity contribution in [3.63, 3.8) is 0 Å². The number of para-hydroxylation sites is 2. The molecule has 0 saturated carbocycles. The minimum atomic E-state index is -0.603. The Labute approximate surface area is 209 Å². The first kappa shape index (κ1) is 22.4. The zero-order valence-corrected chi connectivity index (χ0v) is 20.4. The van der Waals surface area contributed by atoms with Crippen LogP contribution in [0.15, 0.2) is 93.5 Å². The number of hydrogen-bond acceptors (Lipinski definition) is 5. The smallest absolute Gasteiger partial charge is 0.198 e. The molecule has 0 bridgehead atoms. The quantitative estimate of drug-likeness (QED) is 0.347. The van der Waals surface area contributed by atoms with Gasteiger partial charge in [0, 0.05) is 17.7 Å². The second-order valence-electron chi connectivity index (χ2n) is 9.78. The van der Waals surface area contributed by atoms with E-state index < -0.39 is 6.04 Å². The lowest BCUT2D eigenvalue weighted by Crippen LogP contribution is -2.29. The topological polar surface area (TPSA) is 71.3 Å². The van der Waals surface area contributed by atoms with E-state index in [2.05, 4.69) is 41.8 Å². The van der Waals surface area contributed by atoms with Crippen LogP contribution in [-0.4, -0.2) is 5.78 Å². The average Bonchev–Trinajstić information content (AvgIpc) is 3.06. The van der Waals surface area contributed by atoms with Gasteiger partial charge in [0.15, 0.2) is 11.2 Å². The summed E-state index contributed by atoms with van der Waals surface area (Å²) < 4.78 is 5.89. The van der Waals surface area contributed by atoms with Crippen LogP contribution < -0.4 is 16.1 Å². The van der Waals surface area contributed by atoms with E-state index in [9.17, 15) is 9.59 Å². The van der Waals surface area contributed by atoms with E-state index in [0.717, 1.165) is 34.6 Å². The summed E-state index contributed by atoms with van der Waals surface area (Å²) in [6.45, 7) is 4.09. The van der Waals surface area contributed by atoms with Gasteiger partial charge >= 0.3 is 0 Å². The van der Waals surface area contributed by atoms with Crippen molar-refractivity contribution in [2.75, 3.05) is 10.6 Å². The largest absolute Gasteiger partial charge is 0.464 e. The van der Waals surface area contributed by atoms with Gasteiger partial charge in [-0.3, -0.25) is 9.59 Å². The first-order valence-corrected chi connectivity index (χ1v) is 12.5. The Morgan fingerprint density at radius 3 is 2.50 bits per heavy atom. The molecule has 6 rings (SSSR count). The third-order valence-corrected chi connectivity index (χ3v) is 7.43. The highest BCUT2D eigenvalue weighted by Gasteiger charge is 2.37. The molecule has 5 heteroatoms. The van der Waals surface area contributed by atoms with Gasteiger partial charge in [-0.1, -0.05) is 55.0 Å². The Hall–Kier alpha value is -4.12. The van der Waals surface area contributed by atoms with Crippen molar-refractivity contribution >= 4 is 28.1 Å². The molecule has 0 saturated heterocycles. The molecular formula is C31H28N2O3. The number of Topliss-reactive ketones (excluding diaryl/α,β-unsaturated/α-hetero) is 1. The van der Waals surface area contributed by atoms with Crippen LogP contribution in [0.2, 0.25) is 0 Å². The van der Waals surface area contributed by atoms with E-state index in [-0.39, 0.29) is 17.1 Å². The van der Waals surface area contributed by atoms with Crippen molar-refractivity contribution in [1.82, 2.24) is 0 Å². The Morgan fingerprint density at radius 1 is 0.944 bits per heavy atom. The molecule has 4 aromatic rings. The fourth-order valence-electron chi connectivity index (χ4n) is 5.45. The van der Waals surface area contributed by atoms with Crippen LogP contribution in [0.4, 0.5) is 11.4 Å². The van der Waals surface area contributed by atoms with Crippen LogP contribution in [0.25, 0.3) is 11.0 Å². The fourth-order valence-corrected chi connectivity index (χ4v) is 5.45. The number of nitrogens with one attached hydrogen (secondary N) is 2. The number of carbonyl (C=O) groups is 1. The molecule has 2 unspecified atom stereocenters. The zero-order chi connectivity index (χ0) is 24.8. The lowest BCUT2D eigenvalue weighted by Gasteiger charge is -2.29. The predicted octanol–water partition coefficient (Wildman–Crippen LogP) is 6.64. The minimum Gasteiger partial charge on any atom is -0.464 e. The number of hydrogen-bond donors (Lipinski definition) is 2. The van der Waals surface area contributed by atoms with E-state index in [1.807, 2.05) is 49.4 Å². The van der Waals surface area contributed by atoms with Gasteiger partial charge in [-0.15, -0.1) is 0 Å². The molecule has 3 aromatic carbocycles. The van der Waals surface area contributed by atoms with Gasteiger partial charge in [0.25, 0.3) is 0 Å². The minimum absolute atomic E-state index is 0.0439. The van der Waals surface area contributed by atoms with Gasteiger partial charge in [0.05, 0.1) is 28.4 Å². The number of fused-ring (bicyclic) bond motifs is 2. The SMILES string of the molecule is CCc1ccc(C2CC(=O)C3=C(C2)Nc2ccccc2NC3c2coc3ccc(C)cc3c2=O)cc1. The number of aryl methyl sites for hydroxylation is 2. The summed E-state index contributed by atoms with van der Waals surface area (Å²) in [5.41, 5.74) is 7.52. The Balaban J connectivity index is 1.49. The molecule has 180 valence electrons. The molecule has 1 aliphatic heterocycles. The van der Waals surface area contributed by atoms with Crippen molar-refractivity contribution in [3.05, 3.63) is 117 Å². The highest BCUT2D eigenvalue weighted by atomic mass is 16.3. The van der Waals surface area contributed by atoms with E-state index in [1.165, 1.54) is 11.8 Å². The first-order chi connectivity index (χ1) is 17.5. The molecular weight excluding hydrogens is 448 g/mol. The number of allylic oxidation sites excluding steroid dienone is 1. The van der Waals surface area contributed by atoms with E-state index in [0.29, 0.717) is 34.9 Å². The van der Waals surface area contributed by atoms with Crippen LogP contribution in [-0.2, 0) is 11.2 Å². The van der Waals surface area contributed by atoms with Gasteiger partial charge in [-0.25, -0.2) is 0 Å². The van der Waals surface area contributed by atoms with Gasteiger partial charge in [-0.2, -0.15) is 0 Å². The van der Waals surface area contributed by atoms with E-state index in [4.69, 9.17) is 4.42 Å². The fraction of sp³-hybridized carbons (Fsp3) is 0.226. The predicted molar refractivity (Wildman–Crippen MR) is 143 cm³/mol. The number of rotatable bonds is 3. The van der Waals surface area contributed by atoms with Gasteiger partial charge in [-0.05, 0) is 61.1 Å². The number of ketones is 1. The summed E-state index contributed by atoms with van der Waals surface area (Å²) in [7, 11) is 0. The monoisotopic (exact) mass is 476 g/mol. The molecule has 5 nitrogen and oxygen atoms in total. The molecule has 0 fully saturated rings. The van der Waals surface area contributed by atoms with Crippen molar-refractivity contribution in [3.8, 4) is 0 Å². The molecule has 2 heterocycles. The summed E-state index contributed by atoms with van der Waals surface area (Å²) in [6.07, 6.45) is 3.59. The zero-order valence-electron chi connectivity index (χ0n) is 20.4. The maximum atomic E-state index is 13.8. The summed E-state index contributed by atoms with van der Waals surface area (Å²) in [4.78, 5) is 27.5. The summed E-state index contributed by atoms with van der Waals surface area (Å²) >= 11 is 0. The van der Waals surface area contributed by atoms with Crippen LogP contribution in [0.3, 0.4) is 0 Å². The molecule has 1 aliphatic carbocycles. The maximum absolute atomic E-state index is 13.8. The molecule has 0 spiro atoms. The molecule has 2 atom stereocenters. The highest BCUT2D eigenvalue weighted by Crippen LogP contribution is 2.44. The maximum Gasteiger partial charge on any atom is 0.198 e. The molecule has 0 radical (unpaired) electrons. The standard InChI is InChI=1S/C31H28N2O3/c1-3-19-9-11-20(12-10-19)21-15-26-29(27(34)16-21)30(33-25-7-5-4-6-24(25)32-26)23-17-36-28-13-8-18(2)14-22(28)31(23)35/h4-14,17,21,30,32-33H,3,15-16H2,1-2H3. The van der Waals surface area contributed by atoms with Crippen molar-refractivity contribution in [2.24, 2.45) is 0 Å². The Morgan fingerprint density at radius 2 is 1.72 bits per heavy atom. The highest BCUT2D eigenvalue weighted by molar-refractivity contribution is 6.01. The second-order valence-corrected chi connectivity index (χ2v) is 9.78. The van der Waals surface area contributed by atoms with Crippen LogP contribution in [0.5, 0.6) is 0 Å². The van der Waals surface area contributed by atoms with Crippen molar-refractivity contribution in [1.29, 1.82) is 0 Å². The number of anilines is 2. The normalized spacial score (nSPS) is 19.2. The first-order valence-electron chi connectivity index (χ1n) is 12.5. The molecule has 1 aromatic heterocycles. The Kier molecular flexibility index (Phi) is 5.48. The molecule has 36 heavy (non-hydrogen) atoms. The van der Waals surface area contributed by atoms with Gasteiger partial charge in [0.1, 0.15) is 11.8 Å². The molecule has 0 amide bonds. The summed E-state index contributed by atoms with van der Waals surface area (Å²) in [5.74, 6) is 0.124. The van der Waals surface area contributed by atoms with Gasteiger partial charge < -0.3 is 15.1 Å². The van der Waals surface area contributed by atoms with E-state index in [1.54, 1.807) is 0 Å². The lowest BCUT2D eigenvalue weighted by atomic mass is 9.78. The third-order valence-electron chi connectivity index (χ3n) is 7.43. The van der Waals surface area contributed by atoms with E-state index >= 15 is 0 Å². The summed E-state index contributed by atoms with van der Waals surface area (Å²) in [6, 6.07) is 21.4. The van der Waals surface area contributed by atoms with Crippen molar-refractivity contribution in [2.45, 2.75) is 45.1 Å². The van der Waals surface area contributed by atoms with Gasteiger partial charge in [0.2, 0.25) is 0 Å². The third kappa shape index (κ3) is 3.81. The lowest BCUT2D eigenvalue weighted by molar-refractivity contribution is -0.116. The van der Waals surface area contributed by atoms with Crippen LogP contribution >= 0.6 is 0 Å². The number of carbonyl (C=O) groups excluding carboxylic acids is 1. The summed E-state index contributed by atoms with van der Waals surface area (Å²) in [5, 5.41) is 7.56. The van der Waals surface area contributed by atoms with Crippen molar-refractivity contribution < 1.29 is 9.21 Å². The second kappa shape index (κ2) is 8.83. The molecule has 2 N–H and O–H groups in total.